The molecule has 1 aromatic carbocycles. The Morgan fingerprint density at radius 3 is 2.62 bits per heavy atom. The number of oxime groups is 1. The van der Waals surface area contributed by atoms with Crippen molar-refractivity contribution < 1.29 is 44.4 Å². The van der Waals surface area contributed by atoms with Gasteiger partial charge in [0.2, 0.25) is 12.0 Å². The van der Waals surface area contributed by atoms with Gasteiger partial charge in [-0.15, -0.1) is 23.1 Å². The van der Waals surface area contributed by atoms with Crippen molar-refractivity contribution in [1.82, 2.24) is 25.2 Å². The molecule has 2 amide bonds. The van der Waals surface area contributed by atoms with Gasteiger partial charge in [0.1, 0.15) is 28.3 Å². The van der Waals surface area contributed by atoms with Gasteiger partial charge in [0, 0.05) is 35.2 Å². The number of fused-ring (bicyclic) bond motifs is 1. The second-order valence-corrected chi connectivity index (χ2v) is 12.8. The van der Waals surface area contributed by atoms with E-state index in [1.54, 1.807) is 0 Å². The minimum Gasteiger partial charge on any atom is -0.504 e. The summed E-state index contributed by atoms with van der Waals surface area (Å²) in [5.41, 5.74) is 9.45. The summed E-state index contributed by atoms with van der Waals surface area (Å²) in [6, 6.07) is 3.66. The fraction of sp³-hybridized carbons (Fsp3) is 0.280. The van der Waals surface area contributed by atoms with Gasteiger partial charge < -0.3 is 46.9 Å². The summed E-state index contributed by atoms with van der Waals surface area (Å²) >= 11 is 3.26. The van der Waals surface area contributed by atoms with Crippen LogP contribution in [0.3, 0.4) is 0 Å². The molecule has 236 valence electrons. The molecular formula is C25H24N8O9S3. The number of aromatic hydroxyl groups is 2. The van der Waals surface area contributed by atoms with Crippen molar-refractivity contribution in [2.45, 2.75) is 22.7 Å². The molecule has 4 heterocycles. The van der Waals surface area contributed by atoms with Crippen LogP contribution in [0.25, 0.3) is 0 Å². The van der Waals surface area contributed by atoms with Gasteiger partial charge in [0.15, 0.2) is 27.5 Å². The first-order chi connectivity index (χ1) is 21.4. The number of rotatable bonds is 11. The predicted molar refractivity (Wildman–Crippen MR) is 161 cm³/mol. The number of thioether (sulfide) groups is 2. The highest BCUT2D eigenvalue weighted by Crippen LogP contribution is 2.44. The SMILES string of the molecule is Nc1ccnc(SCC2(C(=O)O)CS[C@@H]3C(NC(=O)C(=NO[C@H](C(=O)O)c4ccc(O)c(O)c4)c4csc(N)n4)C(=O)N3C2)n1. The quantitative estimate of drug-likeness (QED) is 0.0359. The van der Waals surface area contributed by atoms with Crippen LogP contribution >= 0.6 is 34.9 Å². The normalized spacial score (nSPS) is 21.7. The van der Waals surface area contributed by atoms with Gasteiger partial charge in [-0.1, -0.05) is 23.0 Å². The number of phenolic OH excluding ortho intramolecular Hbond substituents is 2. The number of carbonyl (C=O) groups is 4. The summed E-state index contributed by atoms with van der Waals surface area (Å²) in [6.07, 6.45) is -0.344. The molecule has 20 heteroatoms. The number of hydrogen-bond acceptors (Lipinski definition) is 16. The predicted octanol–water partition coefficient (Wildman–Crippen LogP) is 0.318. The molecular weight excluding hydrogens is 653 g/mol. The average molecular weight is 677 g/mol. The molecule has 2 aromatic heterocycles. The molecule has 0 aliphatic carbocycles. The molecule has 0 saturated carbocycles. The number of aliphatic carboxylic acids is 2. The maximum absolute atomic E-state index is 13.4. The summed E-state index contributed by atoms with van der Waals surface area (Å²) in [5.74, 6) is -4.76. The van der Waals surface area contributed by atoms with E-state index in [0.717, 1.165) is 35.2 Å². The Morgan fingerprint density at radius 1 is 1.20 bits per heavy atom. The van der Waals surface area contributed by atoms with E-state index < -0.39 is 63.9 Å². The molecule has 2 fully saturated rings. The molecule has 17 nitrogen and oxygen atoms in total. The van der Waals surface area contributed by atoms with Crippen LogP contribution < -0.4 is 16.8 Å². The number of carbonyl (C=O) groups excluding carboxylic acids is 2. The molecule has 5 rings (SSSR count). The highest BCUT2D eigenvalue weighted by Gasteiger charge is 2.57. The Kier molecular flexibility index (Phi) is 8.89. The van der Waals surface area contributed by atoms with Crippen LogP contribution in [0.5, 0.6) is 11.5 Å². The van der Waals surface area contributed by atoms with E-state index >= 15 is 0 Å². The molecule has 9 N–H and O–H groups in total. The van der Waals surface area contributed by atoms with Crippen LogP contribution in [0.1, 0.15) is 17.4 Å². The number of hydrogen-bond donors (Lipinski definition) is 7. The number of nitrogens with one attached hydrogen (secondary N) is 1. The first-order valence-corrected chi connectivity index (χ1v) is 15.7. The van der Waals surface area contributed by atoms with Crippen LogP contribution in [-0.4, -0.2) is 99.2 Å². The van der Waals surface area contributed by atoms with Gasteiger partial charge in [-0.25, -0.2) is 19.7 Å². The summed E-state index contributed by atoms with van der Waals surface area (Å²) in [4.78, 5) is 69.5. The van der Waals surface area contributed by atoms with E-state index in [9.17, 15) is 39.6 Å². The largest absolute Gasteiger partial charge is 0.504 e. The van der Waals surface area contributed by atoms with E-state index in [1.165, 1.54) is 40.4 Å². The maximum Gasteiger partial charge on any atom is 0.352 e. The Labute approximate surface area is 265 Å². The Morgan fingerprint density at radius 2 is 1.98 bits per heavy atom. The van der Waals surface area contributed by atoms with Crippen molar-refractivity contribution in [3.63, 3.8) is 0 Å². The smallest absolute Gasteiger partial charge is 0.352 e. The van der Waals surface area contributed by atoms with E-state index in [1.807, 2.05) is 0 Å². The number of carboxylic acids is 2. The van der Waals surface area contributed by atoms with Gasteiger partial charge >= 0.3 is 11.9 Å². The lowest BCUT2D eigenvalue weighted by Crippen LogP contribution is -2.74. The second-order valence-electron chi connectivity index (χ2n) is 9.84. The highest BCUT2D eigenvalue weighted by atomic mass is 32.2. The van der Waals surface area contributed by atoms with Crippen molar-refractivity contribution in [1.29, 1.82) is 0 Å². The standard InChI is InChI=1S/C25H24N8O9S3/c26-14-3-4-28-24(30-14)45-9-25(22(40)41)7-33-19(37)16(20(33)44-8-25)31-18(36)15(11-6-43-23(27)29-11)32-42-17(21(38)39)10-1-2-12(34)13(35)5-10/h1-6,16-17,20,34-35H,7-9H2,(H2,27,29)(H,31,36)(H,38,39)(H,40,41)(H2,26,28,30)/t16?,17-,20+,25?/m0/s1. The second kappa shape index (κ2) is 12.7. The van der Waals surface area contributed by atoms with Crippen molar-refractivity contribution in [2.24, 2.45) is 10.6 Å². The fourth-order valence-corrected chi connectivity index (χ4v) is 7.65. The Balaban J connectivity index is 1.31. The zero-order chi connectivity index (χ0) is 32.5. The maximum atomic E-state index is 13.4. The summed E-state index contributed by atoms with van der Waals surface area (Å²) in [5, 5.41) is 46.6. The van der Waals surface area contributed by atoms with E-state index in [-0.39, 0.29) is 40.3 Å². The average Bonchev–Trinajstić information content (AvgIpc) is 3.43. The molecule has 45 heavy (non-hydrogen) atoms. The van der Waals surface area contributed by atoms with Gasteiger partial charge in [-0.2, -0.15) is 0 Å². The number of thiazole rings is 1. The van der Waals surface area contributed by atoms with Crippen molar-refractivity contribution in [2.75, 3.05) is 29.5 Å². The molecule has 2 unspecified atom stereocenters. The van der Waals surface area contributed by atoms with Crippen LogP contribution in [-0.2, 0) is 24.0 Å². The molecule has 2 aliphatic heterocycles. The Hall–Kier alpha value is -4.82. The van der Waals surface area contributed by atoms with Crippen LogP contribution in [0.2, 0.25) is 0 Å². The third-order valence-corrected chi connectivity index (χ3v) is 10.2. The number of benzene rings is 1. The number of nitrogens with zero attached hydrogens (tertiary/aromatic N) is 5. The zero-order valence-corrected chi connectivity index (χ0v) is 25.2. The van der Waals surface area contributed by atoms with E-state index in [0.29, 0.717) is 5.16 Å². The van der Waals surface area contributed by atoms with Gasteiger partial charge in [-0.05, 0) is 18.2 Å². The first-order valence-electron chi connectivity index (χ1n) is 12.8. The number of amides is 2. The van der Waals surface area contributed by atoms with Gasteiger partial charge in [-0.3, -0.25) is 14.4 Å². The molecule has 4 atom stereocenters. The van der Waals surface area contributed by atoms with Crippen LogP contribution in [0.15, 0.2) is 46.2 Å². The van der Waals surface area contributed by atoms with Crippen molar-refractivity contribution in [3.8, 4) is 11.5 Å². The van der Waals surface area contributed by atoms with Crippen molar-refractivity contribution in [3.05, 3.63) is 47.1 Å². The number of phenols is 2. The number of nitrogens with two attached hydrogens (primary N) is 2. The monoisotopic (exact) mass is 676 g/mol. The minimum atomic E-state index is -1.80. The van der Waals surface area contributed by atoms with Crippen molar-refractivity contribution >= 4 is 75.3 Å². The molecule has 2 saturated heterocycles. The highest BCUT2D eigenvalue weighted by molar-refractivity contribution is 8.00. The summed E-state index contributed by atoms with van der Waals surface area (Å²) < 4.78 is 0. The van der Waals surface area contributed by atoms with Gasteiger partial charge in [0.25, 0.3) is 5.91 Å². The van der Waals surface area contributed by atoms with E-state index in [4.69, 9.17) is 16.3 Å². The van der Waals surface area contributed by atoms with Crippen LogP contribution in [0, 0.1) is 5.41 Å². The lowest BCUT2D eigenvalue weighted by atomic mass is 9.89. The molecule has 0 radical (unpaired) electrons. The molecule has 3 aromatic rings. The minimum absolute atomic E-state index is 0.0571. The lowest BCUT2D eigenvalue weighted by molar-refractivity contribution is -0.157. The number of carboxylic acid groups (broad SMARTS) is 2. The zero-order valence-electron chi connectivity index (χ0n) is 22.8. The number of aromatic nitrogens is 3. The lowest BCUT2D eigenvalue weighted by Gasteiger charge is -2.53. The topological polar surface area (TPSA) is 277 Å². The number of nitrogen functional groups attached to an aromatic ring is 2. The fourth-order valence-electron chi connectivity index (χ4n) is 4.40. The third-order valence-electron chi connectivity index (χ3n) is 6.77. The van der Waals surface area contributed by atoms with Crippen LogP contribution in [0.4, 0.5) is 10.9 Å². The first kappa shape index (κ1) is 31.6. The summed E-state index contributed by atoms with van der Waals surface area (Å²) in [7, 11) is 0. The summed E-state index contributed by atoms with van der Waals surface area (Å²) in [6.45, 7) is -0.118. The molecule has 2 aliphatic rings. The number of anilines is 2. The molecule has 0 bridgehead atoms. The van der Waals surface area contributed by atoms with E-state index in [2.05, 4.69) is 25.4 Å². The number of β-lactam (4-membered cyclic amide) rings is 1. The van der Waals surface area contributed by atoms with Gasteiger partial charge in [0.05, 0.1) is 0 Å². The third kappa shape index (κ3) is 6.51. The Bertz CT molecular complexity index is 1710. The molecule has 0 spiro atoms.